The Hall–Kier alpha value is -1.97. The van der Waals surface area contributed by atoms with Gasteiger partial charge in [-0.1, -0.05) is 25.7 Å². The Kier molecular flexibility index (Phi) is 4.13. The van der Waals surface area contributed by atoms with E-state index < -0.39 is 0 Å². The highest BCUT2D eigenvalue weighted by molar-refractivity contribution is 6.07. The standard InChI is InChI=1S/C17H22N2O2/c1-21-13-8-9-14-15(11-18-16(14)10-13)17(20)19-12-6-4-2-3-5-7-12/h8-12,18H,2-7H2,1H3,(H,19,20). The zero-order chi connectivity index (χ0) is 14.7. The molecule has 0 atom stereocenters. The average Bonchev–Trinajstić information content (AvgIpc) is 2.76. The highest BCUT2D eigenvalue weighted by atomic mass is 16.5. The van der Waals surface area contributed by atoms with E-state index in [0.717, 1.165) is 35.1 Å². The van der Waals surface area contributed by atoms with Gasteiger partial charge in [-0.15, -0.1) is 0 Å². The number of aromatic amines is 1. The molecule has 1 aliphatic rings. The van der Waals surface area contributed by atoms with Gasteiger partial charge in [0.25, 0.3) is 5.91 Å². The molecule has 0 spiro atoms. The number of nitrogens with one attached hydrogen (secondary N) is 2. The minimum atomic E-state index is 0.0262. The molecule has 2 N–H and O–H groups in total. The second-order valence-electron chi connectivity index (χ2n) is 5.78. The molecular formula is C17H22N2O2. The summed E-state index contributed by atoms with van der Waals surface area (Å²) in [6, 6.07) is 6.06. The number of methoxy groups -OCH3 is 1. The maximum atomic E-state index is 12.5. The van der Waals surface area contributed by atoms with Crippen LogP contribution in [0.5, 0.6) is 5.75 Å². The van der Waals surface area contributed by atoms with Crippen LogP contribution in [0, 0.1) is 0 Å². The lowest BCUT2D eigenvalue weighted by Gasteiger charge is -2.15. The van der Waals surface area contributed by atoms with Crippen LogP contribution in [0.3, 0.4) is 0 Å². The fourth-order valence-corrected chi connectivity index (χ4v) is 3.11. The molecule has 1 saturated carbocycles. The summed E-state index contributed by atoms with van der Waals surface area (Å²) < 4.78 is 5.21. The van der Waals surface area contributed by atoms with E-state index in [2.05, 4.69) is 10.3 Å². The van der Waals surface area contributed by atoms with Crippen LogP contribution in [0.15, 0.2) is 24.4 Å². The largest absolute Gasteiger partial charge is 0.497 e. The van der Waals surface area contributed by atoms with E-state index in [-0.39, 0.29) is 5.91 Å². The predicted octanol–water partition coefficient (Wildman–Crippen LogP) is 3.63. The van der Waals surface area contributed by atoms with Crippen molar-refractivity contribution < 1.29 is 9.53 Å². The highest BCUT2D eigenvalue weighted by Gasteiger charge is 2.18. The normalized spacial score (nSPS) is 16.6. The van der Waals surface area contributed by atoms with E-state index in [4.69, 9.17) is 4.74 Å². The van der Waals surface area contributed by atoms with Crippen LogP contribution in [0.1, 0.15) is 48.9 Å². The monoisotopic (exact) mass is 286 g/mol. The Balaban J connectivity index is 1.77. The molecule has 3 rings (SSSR count). The summed E-state index contributed by atoms with van der Waals surface area (Å²) in [5.74, 6) is 0.818. The van der Waals surface area contributed by atoms with Crippen LogP contribution in [0.25, 0.3) is 10.9 Å². The Morgan fingerprint density at radius 3 is 2.71 bits per heavy atom. The third-order valence-electron chi connectivity index (χ3n) is 4.32. The Bertz CT molecular complexity index is 625. The van der Waals surface area contributed by atoms with Crippen LogP contribution in [-0.4, -0.2) is 24.0 Å². The third-order valence-corrected chi connectivity index (χ3v) is 4.32. The van der Waals surface area contributed by atoms with Gasteiger partial charge in [0, 0.05) is 29.2 Å². The van der Waals surface area contributed by atoms with Crippen LogP contribution < -0.4 is 10.1 Å². The van der Waals surface area contributed by atoms with Crippen molar-refractivity contribution in [2.24, 2.45) is 0 Å². The van der Waals surface area contributed by atoms with Gasteiger partial charge in [-0.25, -0.2) is 0 Å². The first-order chi connectivity index (χ1) is 10.3. The smallest absolute Gasteiger partial charge is 0.253 e. The van der Waals surface area contributed by atoms with Gasteiger partial charge in [-0.3, -0.25) is 4.79 Å². The SMILES string of the molecule is COc1ccc2c(C(=O)NC3CCCCCC3)c[nH]c2c1. The number of aromatic nitrogens is 1. The number of hydrogen-bond donors (Lipinski definition) is 2. The van der Waals surface area contributed by atoms with Crippen molar-refractivity contribution in [3.8, 4) is 5.75 Å². The first-order valence-corrected chi connectivity index (χ1v) is 7.74. The van der Waals surface area contributed by atoms with E-state index in [9.17, 15) is 4.79 Å². The maximum absolute atomic E-state index is 12.5. The Labute approximate surface area is 124 Å². The van der Waals surface area contributed by atoms with E-state index in [1.807, 2.05) is 18.2 Å². The Morgan fingerprint density at radius 1 is 1.24 bits per heavy atom. The second-order valence-corrected chi connectivity index (χ2v) is 5.78. The first kappa shape index (κ1) is 14.0. The van der Waals surface area contributed by atoms with E-state index in [1.165, 1.54) is 25.7 Å². The number of benzene rings is 1. The quantitative estimate of drug-likeness (QED) is 0.847. The molecule has 1 heterocycles. The average molecular weight is 286 g/mol. The van der Waals surface area contributed by atoms with Gasteiger partial charge in [0.2, 0.25) is 0 Å². The molecule has 0 radical (unpaired) electrons. The zero-order valence-corrected chi connectivity index (χ0v) is 12.4. The molecule has 0 aliphatic heterocycles. The molecule has 2 aromatic rings. The van der Waals surface area contributed by atoms with Crippen molar-refractivity contribution in [1.82, 2.24) is 10.3 Å². The summed E-state index contributed by atoms with van der Waals surface area (Å²) in [6.07, 6.45) is 9.00. The van der Waals surface area contributed by atoms with Gasteiger partial charge in [-0.2, -0.15) is 0 Å². The van der Waals surface area contributed by atoms with E-state index >= 15 is 0 Å². The van der Waals surface area contributed by atoms with Crippen LogP contribution in [0.4, 0.5) is 0 Å². The number of carbonyl (C=O) groups excluding carboxylic acids is 1. The molecule has 21 heavy (non-hydrogen) atoms. The highest BCUT2D eigenvalue weighted by Crippen LogP contribution is 2.24. The van der Waals surface area contributed by atoms with Crippen LogP contribution in [0.2, 0.25) is 0 Å². The molecule has 1 aliphatic carbocycles. The van der Waals surface area contributed by atoms with Crippen molar-refractivity contribution in [3.63, 3.8) is 0 Å². The summed E-state index contributed by atoms with van der Waals surface area (Å²) in [4.78, 5) is 15.6. The lowest BCUT2D eigenvalue weighted by Crippen LogP contribution is -2.34. The lowest BCUT2D eigenvalue weighted by molar-refractivity contribution is 0.0935. The maximum Gasteiger partial charge on any atom is 0.253 e. The number of rotatable bonds is 3. The van der Waals surface area contributed by atoms with Crippen molar-refractivity contribution in [3.05, 3.63) is 30.0 Å². The predicted molar refractivity (Wildman–Crippen MR) is 83.8 cm³/mol. The van der Waals surface area contributed by atoms with E-state index in [1.54, 1.807) is 13.3 Å². The molecule has 0 bridgehead atoms. The summed E-state index contributed by atoms with van der Waals surface area (Å²) in [6.45, 7) is 0. The lowest BCUT2D eigenvalue weighted by atomic mass is 10.1. The minimum Gasteiger partial charge on any atom is -0.497 e. The molecular weight excluding hydrogens is 264 g/mol. The second kappa shape index (κ2) is 6.20. The molecule has 0 saturated heterocycles. The molecule has 0 unspecified atom stereocenters. The number of H-pyrrole nitrogens is 1. The molecule has 4 nitrogen and oxygen atoms in total. The van der Waals surface area contributed by atoms with Crippen molar-refractivity contribution >= 4 is 16.8 Å². The number of hydrogen-bond acceptors (Lipinski definition) is 2. The van der Waals surface area contributed by atoms with Crippen molar-refractivity contribution in [2.45, 2.75) is 44.6 Å². The zero-order valence-electron chi connectivity index (χ0n) is 12.4. The summed E-state index contributed by atoms with van der Waals surface area (Å²) >= 11 is 0. The number of ether oxygens (including phenoxy) is 1. The first-order valence-electron chi connectivity index (χ1n) is 7.74. The summed E-state index contributed by atoms with van der Waals surface area (Å²) in [5, 5.41) is 4.14. The van der Waals surface area contributed by atoms with Gasteiger partial charge in [0.05, 0.1) is 12.7 Å². The number of fused-ring (bicyclic) bond motifs is 1. The van der Waals surface area contributed by atoms with Gasteiger partial charge in [0.1, 0.15) is 5.75 Å². The van der Waals surface area contributed by atoms with E-state index in [0.29, 0.717) is 6.04 Å². The minimum absolute atomic E-state index is 0.0262. The third kappa shape index (κ3) is 3.04. The van der Waals surface area contributed by atoms with Gasteiger partial charge in [0.15, 0.2) is 0 Å². The van der Waals surface area contributed by atoms with Crippen LogP contribution in [-0.2, 0) is 0 Å². The van der Waals surface area contributed by atoms with Crippen LogP contribution >= 0.6 is 0 Å². The fraction of sp³-hybridized carbons (Fsp3) is 0.471. The molecule has 1 aromatic heterocycles. The molecule has 4 heteroatoms. The van der Waals surface area contributed by atoms with Gasteiger partial charge >= 0.3 is 0 Å². The number of amides is 1. The molecule has 1 fully saturated rings. The molecule has 1 amide bonds. The van der Waals surface area contributed by atoms with Gasteiger partial charge in [-0.05, 0) is 25.0 Å². The van der Waals surface area contributed by atoms with Crippen molar-refractivity contribution in [2.75, 3.05) is 7.11 Å². The molecule has 1 aromatic carbocycles. The van der Waals surface area contributed by atoms with Crippen molar-refractivity contribution in [1.29, 1.82) is 0 Å². The van der Waals surface area contributed by atoms with Gasteiger partial charge < -0.3 is 15.0 Å². The topological polar surface area (TPSA) is 54.1 Å². The summed E-state index contributed by atoms with van der Waals surface area (Å²) in [5.41, 5.74) is 1.65. The summed E-state index contributed by atoms with van der Waals surface area (Å²) in [7, 11) is 1.64. The molecule has 112 valence electrons. The number of carbonyl (C=O) groups is 1. The Morgan fingerprint density at radius 2 is 2.00 bits per heavy atom. The fourth-order valence-electron chi connectivity index (χ4n) is 3.11.